The van der Waals surface area contributed by atoms with Crippen molar-refractivity contribution in [2.24, 2.45) is 0 Å². The van der Waals surface area contributed by atoms with Crippen molar-refractivity contribution < 1.29 is 9.53 Å². The molecule has 2 rings (SSSR count). The van der Waals surface area contributed by atoms with Gasteiger partial charge in [-0.3, -0.25) is 4.79 Å². The van der Waals surface area contributed by atoms with Crippen molar-refractivity contribution >= 4 is 19.2 Å². The van der Waals surface area contributed by atoms with E-state index < -0.39 is 8.07 Å². The first-order valence-corrected chi connectivity index (χ1v) is 16.5. The first kappa shape index (κ1) is 28.1. The molecule has 34 heavy (non-hydrogen) atoms. The topological polar surface area (TPSA) is 26.3 Å². The Hall–Kier alpha value is -2.13. The van der Waals surface area contributed by atoms with Gasteiger partial charge in [-0.2, -0.15) is 0 Å². The molecule has 3 heteroatoms. The summed E-state index contributed by atoms with van der Waals surface area (Å²) in [5, 5.41) is 1.39. The third-order valence-electron chi connectivity index (χ3n) is 6.92. The molecule has 0 saturated carbocycles. The Kier molecular flexibility index (Phi) is 13.6. The molecular weight excluding hydrogens is 432 g/mol. The molecule has 0 spiro atoms. The van der Waals surface area contributed by atoms with Gasteiger partial charge in [0, 0.05) is 6.42 Å². The van der Waals surface area contributed by atoms with Crippen molar-refractivity contribution in [1.82, 2.24) is 0 Å². The number of hydrogen-bond acceptors (Lipinski definition) is 2. The van der Waals surface area contributed by atoms with Gasteiger partial charge >= 0.3 is 5.97 Å². The fraction of sp³-hybridized carbons (Fsp3) is 0.516. The van der Waals surface area contributed by atoms with Crippen molar-refractivity contribution in [2.45, 2.75) is 103 Å². The molecule has 0 aromatic heterocycles. The fourth-order valence-electron chi connectivity index (χ4n) is 4.46. The van der Waals surface area contributed by atoms with Gasteiger partial charge in [0.15, 0.2) is 0 Å². The number of benzene rings is 2. The van der Waals surface area contributed by atoms with Crippen molar-refractivity contribution in [3.63, 3.8) is 0 Å². The minimum atomic E-state index is -1.86. The van der Waals surface area contributed by atoms with Gasteiger partial charge < -0.3 is 4.74 Å². The van der Waals surface area contributed by atoms with Gasteiger partial charge in [0.1, 0.15) is 6.61 Å². The Morgan fingerprint density at radius 2 is 1.38 bits per heavy atom. The molecule has 0 heterocycles. The summed E-state index contributed by atoms with van der Waals surface area (Å²) in [6, 6.07) is 20.7. The minimum absolute atomic E-state index is 0.0990. The number of carbonyl (C=O) groups excluding carboxylic acids is 1. The largest absolute Gasteiger partial charge is 0.461 e. The molecule has 0 unspecified atom stereocenters. The summed E-state index contributed by atoms with van der Waals surface area (Å²) < 4.78 is 5.65. The molecule has 0 bridgehead atoms. The maximum atomic E-state index is 12.8. The molecule has 0 saturated heterocycles. The van der Waals surface area contributed by atoms with Crippen LogP contribution >= 0.6 is 0 Å². The van der Waals surface area contributed by atoms with E-state index in [2.05, 4.69) is 62.5 Å². The van der Waals surface area contributed by atoms with Crippen LogP contribution in [0.25, 0.3) is 0 Å². The Morgan fingerprint density at radius 3 is 2.00 bits per heavy atom. The molecule has 0 fully saturated rings. The van der Waals surface area contributed by atoms with E-state index in [9.17, 15) is 4.79 Å². The highest BCUT2D eigenvalue weighted by atomic mass is 28.3. The van der Waals surface area contributed by atoms with E-state index in [0.29, 0.717) is 13.0 Å². The number of allylic oxidation sites excluding steroid dienone is 2. The third kappa shape index (κ3) is 10.9. The van der Waals surface area contributed by atoms with Gasteiger partial charge in [-0.25, -0.2) is 0 Å². The van der Waals surface area contributed by atoms with Crippen LogP contribution < -0.4 is 5.19 Å². The van der Waals surface area contributed by atoms with E-state index in [1.54, 1.807) is 0 Å². The maximum Gasteiger partial charge on any atom is 0.306 e. The smallest absolute Gasteiger partial charge is 0.306 e. The average Bonchev–Trinajstić information content (AvgIpc) is 2.86. The maximum absolute atomic E-state index is 12.8. The van der Waals surface area contributed by atoms with Crippen LogP contribution in [0.1, 0.15) is 83.1 Å². The molecule has 0 aliphatic heterocycles. The van der Waals surface area contributed by atoms with Gasteiger partial charge in [0.25, 0.3) is 0 Å². The van der Waals surface area contributed by atoms with E-state index in [-0.39, 0.29) is 11.5 Å². The SMILES string of the molecule is CCCCCCCCCCC/C=C\[C@@H](CC(=O)OCc1ccccc1)[Si](C)(C)c1ccccc1. The van der Waals surface area contributed by atoms with Crippen LogP contribution in [0.3, 0.4) is 0 Å². The summed E-state index contributed by atoms with van der Waals surface area (Å²) in [6.07, 6.45) is 18.4. The molecule has 2 nitrogen and oxygen atoms in total. The van der Waals surface area contributed by atoms with Crippen LogP contribution in [-0.4, -0.2) is 14.0 Å². The molecule has 0 N–H and O–H groups in total. The van der Waals surface area contributed by atoms with Gasteiger partial charge in [-0.15, -0.1) is 0 Å². The van der Waals surface area contributed by atoms with Crippen molar-refractivity contribution in [3.8, 4) is 0 Å². The number of hydrogen-bond donors (Lipinski definition) is 0. The summed E-state index contributed by atoms with van der Waals surface area (Å²) in [5.74, 6) is -0.0990. The Labute approximate surface area is 209 Å². The van der Waals surface area contributed by atoms with Gasteiger partial charge in [-0.05, 0) is 23.9 Å². The second kappa shape index (κ2) is 16.5. The lowest BCUT2D eigenvalue weighted by Gasteiger charge is -2.30. The summed E-state index contributed by atoms with van der Waals surface area (Å²) >= 11 is 0. The van der Waals surface area contributed by atoms with Gasteiger partial charge in [0.2, 0.25) is 0 Å². The number of unbranched alkanes of at least 4 members (excludes halogenated alkanes) is 9. The highest BCUT2D eigenvalue weighted by Crippen LogP contribution is 2.28. The molecule has 186 valence electrons. The van der Waals surface area contributed by atoms with E-state index in [0.717, 1.165) is 12.0 Å². The first-order chi connectivity index (χ1) is 16.5. The Balaban J connectivity index is 1.85. The Morgan fingerprint density at radius 1 is 0.824 bits per heavy atom. The highest BCUT2D eigenvalue weighted by molar-refractivity contribution is 6.91. The van der Waals surface area contributed by atoms with Crippen molar-refractivity contribution in [2.75, 3.05) is 0 Å². The zero-order chi connectivity index (χ0) is 24.5. The van der Waals surface area contributed by atoms with Crippen LogP contribution in [0.2, 0.25) is 18.6 Å². The van der Waals surface area contributed by atoms with Gasteiger partial charge in [-0.1, -0.05) is 149 Å². The zero-order valence-electron chi connectivity index (χ0n) is 21.8. The number of rotatable bonds is 17. The normalized spacial score (nSPS) is 12.7. The number of ether oxygens (including phenoxy) is 1. The van der Waals surface area contributed by atoms with Gasteiger partial charge in [0.05, 0.1) is 8.07 Å². The quantitative estimate of drug-likeness (QED) is 0.0984. The third-order valence-corrected chi connectivity index (χ3v) is 11.0. The standard InChI is InChI=1S/C31H46O2Si/c1-4-5-6-7-8-9-10-11-12-13-18-25-30(34(2,3)29-23-19-15-20-24-29)26-31(32)33-27-28-21-16-14-17-22-28/h14-25,30H,4-13,26-27H2,1-3H3/b25-18-/t30-/m0/s1. The molecule has 0 aliphatic rings. The summed E-state index contributed by atoms with van der Waals surface area (Å²) in [4.78, 5) is 12.8. The van der Waals surface area contributed by atoms with E-state index >= 15 is 0 Å². The number of carbonyl (C=O) groups is 1. The molecule has 0 amide bonds. The summed E-state index contributed by atoms with van der Waals surface area (Å²) in [6.45, 7) is 7.37. The second-order valence-corrected chi connectivity index (χ2v) is 14.9. The summed E-state index contributed by atoms with van der Waals surface area (Å²) in [5.41, 5.74) is 1.27. The van der Waals surface area contributed by atoms with Crippen LogP contribution in [-0.2, 0) is 16.1 Å². The Bertz CT molecular complexity index is 814. The lowest BCUT2D eigenvalue weighted by molar-refractivity contribution is -0.144. The van der Waals surface area contributed by atoms with Crippen LogP contribution in [0, 0.1) is 0 Å². The molecule has 2 aromatic carbocycles. The second-order valence-electron chi connectivity index (χ2n) is 10.1. The van der Waals surface area contributed by atoms with E-state index in [1.165, 1.54) is 63.0 Å². The highest BCUT2D eigenvalue weighted by Gasteiger charge is 2.33. The lowest BCUT2D eigenvalue weighted by Crippen LogP contribution is -2.46. The number of esters is 1. The van der Waals surface area contributed by atoms with E-state index in [1.807, 2.05) is 30.3 Å². The average molecular weight is 479 g/mol. The predicted octanol–water partition coefficient (Wildman–Crippen LogP) is 8.58. The van der Waals surface area contributed by atoms with Crippen LogP contribution in [0.15, 0.2) is 72.8 Å². The molecular formula is C31H46O2Si. The summed E-state index contributed by atoms with van der Waals surface area (Å²) in [7, 11) is -1.86. The van der Waals surface area contributed by atoms with Crippen LogP contribution in [0.4, 0.5) is 0 Å². The molecule has 0 radical (unpaired) electrons. The lowest BCUT2D eigenvalue weighted by atomic mass is 10.1. The molecule has 2 aromatic rings. The molecule has 1 atom stereocenters. The monoisotopic (exact) mass is 478 g/mol. The fourth-order valence-corrected chi connectivity index (χ4v) is 7.23. The predicted molar refractivity (Wildman–Crippen MR) is 149 cm³/mol. The zero-order valence-corrected chi connectivity index (χ0v) is 22.8. The first-order valence-electron chi connectivity index (χ1n) is 13.5. The minimum Gasteiger partial charge on any atom is -0.461 e. The van der Waals surface area contributed by atoms with E-state index in [4.69, 9.17) is 4.74 Å². The van der Waals surface area contributed by atoms with Crippen molar-refractivity contribution in [1.29, 1.82) is 0 Å². The van der Waals surface area contributed by atoms with Crippen molar-refractivity contribution in [3.05, 3.63) is 78.4 Å². The molecule has 0 aliphatic carbocycles. The van der Waals surface area contributed by atoms with Crippen LogP contribution in [0.5, 0.6) is 0 Å².